The Kier molecular flexibility index (Phi) is 7.06. The number of aliphatic hydroxyl groups excluding tert-OH is 1. The molecule has 1 nitrogen and oxygen atoms in total. The summed E-state index contributed by atoms with van der Waals surface area (Å²) in [6.45, 7) is 0. The van der Waals surface area contributed by atoms with Gasteiger partial charge in [-0.25, -0.2) is 0 Å². The third-order valence-corrected chi connectivity index (χ3v) is 1.60. The fourth-order valence-corrected chi connectivity index (χ4v) is 0.989. The van der Waals surface area contributed by atoms with Gasteiger partial charge in [0.1, 0.15) is 0 Å². The summed E-state index contributed by atoms with van der Waals surface area (Å²) in [5, 5.41) is 9.04. The standard InChI is InChI=1S/C6H12Cl2O/c7-4-1-2-6(9)3-5-8/h6,9H,1-5H2. The Morgan fingerprint density at radius 3 is 2.22 bits per heavy atom. The summed E-state index contributed by atoms with van der Waals surface area (Å²) in [6, 6.07) is 0. The summed E-state index contributed by atoms with van der Waals surface area (Å²) in [5.74, 6) is 1.16. The molecule has 0 saturated heterocycles. The van der Waals surface area contributed by atoms with Gasteiger partial charge in [-0.3, -0.25) is 0 Å². The van der Waals surface area contributed by atoms with Crippen LogP contribution in [-0.4, -0.2) is 23.0 Å². The lowest BCUT2D eigenvalue weighted by Gasteiger charge is -2.05. The van der Waals surface area contributed by atoms with Crippen LogP contribution < -0.4 is 0 Å². The molecule has 0 radical (unpaired) electrons. The average molecular weight is 171 g/mol. The largest absolute Gasteiger partial charge is 0.393 e. The van der Waals surface area contributed by atoms with E-state index in [1.807, 2.05) is 0 Å². The van der Waals surface area contributed by atoms with Gasteiger partial charge in [0.05, 0.1) is 6.10 Å². The molecule has 0 spiro atoms. The first-order valence-corrected chi connectivity index (χ1v) is 4.18. The fraction of sp³-hybridized carbons (Fsp3) is 1.00. The molecule has 0 amide bonds. The molecule has 3 heteroatoms. The SMILES string of the molecule is OC(CCCl)CCCCl. The third-order valence-electron chi connectivity index (χ3n) is 1.11. The fourth-order valence-electron chi connectivity index (χ4n) is 0.583. The van der Waals surface area contributed by atoms with Crippen LogP contribution in [0.5, 0.6) is 0 Å². The van der Waals surface area contributed by atoms with E-state index in [0.717, 1.165) is 12.8 Å². The molecule has 0 saturated carbocycles. The summed E-state index contributed by atoms with van der Waals surface area (Å²) >= 11 is 10.8. The molecule has 0 aromatic rings. The van der Waals surface area contributed by atoms with Crippen LogP contribution in [0.25, 0.3) is 0 Å². The Labute approximate surface area is 66.0 Å². The topological polar surface area (TPSA) is 20.2 Å². The van der Waals surface area contributed by atoms with Gasteiger partial charge in [0.15, 0.2) is 0 Å². The lowest BCUT2D eigenvalue weighted by Crippen LogP contribution is -2.06. The van der Waals surface area contributed by atoms with Crippen molar-refractivity contribution in [2.24, 2.45) is 0 Å². The Balaban J connectivity index is 2.95. The smallest absolute Gasteiger partial charge is 0.0552 e. The van der Waals surface area contributed by atoms with E-state index < -0.39 is 0 Å². The zero-order valence-electron chi connectivity index (χ0n) is 5.32. The molecule has 0 aromatic heterocycles. The van der Waals surface area contributed by atoms with Crippen molar-refractivity contribution >= 4 is 23.2 Å². The number of aliphatic hydroxyl groups is 1. The lowest BCUT2D eigenvalue weighted by atomic mass is 10.2. The van der Waals surface area contributed by atoms with Crippen molar-refractivity contribution in [1.82, 2.24) is 0 Å². The minimum Gasteiger partial charge on any atom is -0.393 e. The van der Waals surface area contributed by atoms with Gasteiger partial charge >= 0.3 is 0 Å². The number of halogens is 2. The second kappa shape index (κ2) is 6.66. The first kappa shape index (κ1) is 9.54. The number of rotatable bonds is 5. The molecule has 0 aliphatic rings. The Bertz CT molecular complexity index is 59.0. The van der Waals surface area contributed by atoms with Gasteiger partial charge in [-0.15, -0.1) is 23.2 Å². The van der Waals surface area contributed by atoms with Crippen LogP contribution in [-0.2, 0) is 0 Å². The molecule has 1 unspecified atom stereocenters. The van der Waals surface area contributed by atoms with Crippen LogP contribution in [0.3, 0.4) is 0 Å². The normalized spacial score (nSPS) is 13.7. The highest BCUT2D eigenvalue weighted by atomic mass is 35.5. The zero-order valence-corrected chi connectivity index (χ0v) is 6.83. The highest BCUT2D eigenvalue weighted by molar-refractivity contribution is 6.18. The molecule has 1 atom stereocenters. The summed E-state index contributed by atoms with van der Waals surface area (Å²) in [7, 11) is 0. The van der Waals surface area contributed by atoms with Gasteiger partial charge in [0.2, 0.25) is 0 Å². The van der Waals surface area contributed by atoms with Crippen molar-refractivity contribution in [1.29, 1.82) is 0 Å². The van der Waals surface area contributed by atoms with Gasteiger partial charge in [0, 0.05) is 11.8 Å². The maximum atomic E-state index is 9.04. The zero-order chi connectivity index (χ0) is 7.11. The summed E-state index contributed by atoms with van der Waals surface area (Å²) in [5.41, 5.74) is 0. The quantitative estimate of drug-likeness (QED) is 0.627. The predicted molar refractivity (Wildman–Crippen MR) is 41.3 cm³/mol. The average Bonchev–Trinajstić information content (AvgIpc) is 1.85. The molecule has 0 aliphatic heterocycles. The molecule has 0 heterocycles. The van der Waals surface area contributed by atoms with Crippen LogP contribution in [0.1, 0.15) is 19.3 Å². The van der Waals surface area contributed by atoms with E-state index in [0.29, 0.717) is 18.2 Å². The van der Waals surface area contributed by atoms with E-state index in [9.17, 15) is 0 Å². The van der Waals surface area contributed by atoms with Gasteiger partial charge < -0.3 is 5.11 Å². The summed E-state index contributed by atoms with van der Waals surface area (Å²) < 4.78 is 0. The van der Waals surface area contributed by atoms with E-state index in [2.05, 4.69) is 0 Å². The molecular weight excluding hydrogens is 159 g/mol. The number of hydrogen-bond donors (Lipinski definition) is 1. The molecule has 0 fully saturated rings. The Morgan fingerprint density at radius 1 is 1.11 bits per heavy atom. The molecule has 9 heavy (non-hydrogen) atoms. The molecule has 0 aliphatic carbocycles. The van der Waals surface area contributed by atoms with E-state index in [1.165, 1.54) is 0 Å². The van der Waals surface area contributed by atoms with Crippen LogP contribution in [0, 0.1) is 0 Å². The highest BCUT2D eigenvalue weighted by Crippen LogP contribution is 2.03. The molecule has 1 N–H and O–H groups in total. The van der Waals surface area contributed by atoms with Crippen molar-refractivity contribution in [2.75, 3.05) is 11.8 Å². The van der Waals surface area contributed by atoms with Crippen molar-refractivity contribution in [3.8, 4) is 0 Å². The number of hydrogen-bond acceptors (Lipinski definition) is 1. The lowest BCUT2D eigenvalue weighted by molar-refractivity contribution is 0.160. The highest BCUT2D eigenvalue weighted by Gasteiger charge is 2.00. The predicted octanol–water partition coefficient (Wildman–Crippen LogP) is 2.00. The molecule has 0 bridgehead atoms. The Morgan fingerprint density at radius 2 is 1.78 bits per heavy atom. The molecule has 0 aromatic carbocycles. The Hall–Kier alpha value is 0.540. The van der Waals surface area contributed by atoms with E-state index >= 15 is 0 Å². The summed E-state index contributed by atoms with van der Waals surface area (Å²) in [6.07, 6.45) is 2.08. The van der Waals surface area contributed by atoms with Gasteiger partial charge in [-0.2, -0.15) is 0 Å². The molecule has 0 rings (SSSR count). The van der Waals surface area contributed by atoms with Gasteiger partial charge in [-0.05, 0) is 19.3 Å². The van der Waals surface area contributed by atoms with Crippen LogP contribution in [0.4, 0.5) is 0 Å². The first-order valence-electron chi connectivity index (χ1n) is 3.11. The maximum absolute atomic E-state index is 9.04. The van der Waals surface area contributed by atoms with E-state index in [1.54, 1.807) is 0 Å². The minimum absolute atomic E-state index is 0.249. The monoisotopic (exact) mass is 170 g/mol. The first-order chi connectivity index (χ1) is 4.31. The van der Waals surface area contributed by atoms with Crippen LogP contribution in [0.2, 0.25) is 0 Å². The maximum Gasteiger partial charge on any atom is 0.0552 e. The minimum atomic E-state index is -0.249. The summed E-state index contributed by atoms with van der Waals surface area (Å²) in [4.78, 5) is 0. The van der Waals surface area contributed by atoms with Crippen LogP contribution >= 0.6 is 23.2 Å². The van der Waals surface area contributed by atoms with Gasteiger partial charge in [0.25, 0.3) is 0 Å². The van der Waals surface area contributed by atoms with Crippen molar-refractivity contribution in [3.63, 3.8) is 0 Å². The second-order valence-corrected chi connectivity index (χ2v) is 2.72. The third kappa shape index (κ3) is 6.42. The van der Waals surface area contributed by atoms with Crippen molar-refractivity contribution < 1.29 is 5.11 Å². The molecule has 56 valence electrons. The van der Waals surface area contributed by atoms with Crippen molar-refractivity contribution in [2.45, 2.75) is 25.4 Å². The van der Waals surface area contributed by atoms with Crippen molar-refractivity contribution in [3.05, 3.63) is 0 Å². The van der Waals surface area contributed by atoms with Gasteiger partial charge in [-0.1, -0.05) is 0 Å². The number of alkyl halides is 2. The second-order valence-electron chi connectivity index (χ2n) is 1.96. The van der Waals surface area contributed by atoms with E-state index in [-0.39, 0.29) is 6.10 Å². The van der Waals surface area contributed by atoms with E-state index in [4.69, 9.17) is 28.3 Å². The van der Waals surface area contributed by atoms with Crippen LogP contribution in [0.15, 0.2) is 0 Å². The molecular formula is C6H12Cl2O.